The third-order valence-electron chi connectivity index (χ3n) is 5.23. The molecule has 2 nitrogen and oxygen atoms in total. The summed E-state index contributed by atoms with van der Waals surface area (Å²) >= 11 is 0. The van der Waals surface area contributed by atoms with Crippen molar-refractivity contribution in [1.29, 1.82) is 0 Å². The zero-order valence-electron chi connectivity index (χ0n) is 15.0. The van der Waals surface area contributed by atoms with Crippen LogP contribution in [0.25, 0.3) is 0 Å². The lowest BCUT2D eigenvalue weighted by Gasteiger charge is -2.42. The highest BCUT2D eigenvalue weighted by Crippen LogP contribution is 2.52. The van der Waals surface area contributed by atoms with Gasteiger partial charge in [-0.3, -0.25) is 0 Å². The van der Waals surface area contributed by atoms with Crippen molar-refractivity contribution in [2.24, 2.45) is 11.8 Å². The van der Waals surface area contributed by atoms with Crippen LogP contribution in [0.1, 0.15) is 38.5 Å². The minimum absolute atomic E-state index is 0.0649. The third kappa shape index (κ3) is 5.17. The predicted octanol–water partition coefficient (Wildman–Crippen LogP) is 5.84. The minimum Gasteiger partial charge on any atom is -0.373 e. The average molecular weight is 470 g/mol. The van der Waals surface area contributed by atoms with Crippen molar-refractivity contribution in [2.75, 3.05) is 0 Å². The van der Waals surface area contributed by atoms with Gasteiger partial charge in [0.25, 0.3) is 11.2 Å². The van der Waals surface area contributed by atoms with Gasteiger partial charge in [-0.05, 0) is 25.2 Å². The van der Waals surface area contributed by atoms with Gasteiger partial charge in [-0.2, -0.15) is 52.7 Å². The second kappa shape index (κ2) is 8.40. The Kier molecular flexibility index (Phi) is 7.52. The van der Waals surface area contributed by atoms with Gasteiger partial charge in [0.2, 0.25) is 0 Å². The summed E-state index contributed by atoms with van der Waals surface area (Å²) in [5.74, 6) is -3.21. The molecule has 2 unspecified atom stereocenters. The van der Waals surface area contributed by atoms with Gasteiger partial charge in [-0.25, -0.2) is 0 Å². The Morgan fingerprint density at radius 2 is 1.13 bits per heavy atom. The van der Waals surface area contributed by atoms with Crippen molar-refractivity contribution in [3.8, 4) is 0 Å². The molecular weight excluding hydrogens is 452 g/mol. The Labute approximate surface area is 162 Å². The quantitative estimate of drug-likeness (QED) is 0.392. The molecule has 2 N–H and O–H groups in total. The lowest BCUT2D eigenvalue weighted by Crippen LogP contribution is -2.62. The summed E-state index contributed by atoms with van der Waals surface area (Å²) < 4.78 is 153. The molecule has 1 aliphatic carbocycles. The van der Waals surface area contributed by atoms with Crippen LogP contribution in [-0.2, 0) is 0 Å². The van der Waals surface area contributed by atoms with Crippen molar-refractivity contribution in [2.45, 2.75) is 74.4 Å². The van der Waals surface area contributed by atoms with Crippen LogP contribution in [0.2, 0.25) is 0 Å². The third-order valence-corrected chi connectivity index (χ3v) is 5.23. The van der Waals surface area contributed by atoms with E-state index in [1.807, 2.05) is 0 Å². The summed E-state index contributed by atoms with van der Waals surface area (Å²) in [6.07, 6.45) is -26.9. The van der Waals surface area contributed by atoms with Gasteiger partial charge >= 0.3 is 24.7 Å². The van der Waals surface area contributed by atoms with Gasteiger partial charge in [-0.15, -0.1) is 0 Å². The molecule has 2 atom stereocenters. The van der Waals surface area contributed by atoms with Crippen LogP contribution in [0.15, 0.2) is 12.2 Å². The van der Waals surface area contributed by atoms with E-state index < -0.39 is 73.4 Å². The first-order chi connectivity index (χ1) is 13.2. The number of allylic oxidation sites excluding steroid dienone is 1. The minimum atomic E-state index is -6.05. The molecule has 0 bridgehead atoms. The molecule has 1 rings (SSSR count). The standard InChI is InChI=1S/C16H18F12O2/c17-13(18,19)11(29,14(20,21)22)7-2-1-4-9-5-3-6-10(8-9)12(30,15(23,24)25)16(26,27)28/h1-2,9-10,29-30H,3-8H2. The number of aliphatic hydroxyl groups is 2. The van der Waals surface area contributed by atoms with E-state index in [-0.39, 0.29) is 12.8 Å². The normalized spacial score (nSPS) is 23.3. The number of alkyl halides is 12. The van der Waals surface area contributed by atoms with Gasteiger partial charge < -0.3 is 10.2 Å². The zero-order chi connectivity index (χ0) is 23.8. The molecule has 0 radical (unpaired) electrons. The van der Waals surface area contributed by atoms with Crippen molar-refractivity contribution in [1.82, 2.24) is 0 Å². The molecule has 30 heavy (non-hydrogen) atoms. The summed E-state index contributed by atoms with van der Waals surface area (Å²) in [5, 5.41) is 18.4. The Balaban J connectivity index is 2.90. The SMILES string of the molecule is OC(CC=CCC1CCCC(C(O)(C(F)(F)F)C(F)(F)F)C1)(C(F)(F)F)C(F)(F)F. The molecule has 0 saturated heterocycles. The number of rotatable bonds is 5. The Hall–Kier alpha value is -1.18. The summed E-state index contributed by atoms with van der Waals surface area (Å²) in [5.41, 5.74) is -10.0. The van der Waals surface area contributed by atoms with Crippen LogP contribution in [-0.4, -0.2) is 46.1 Å². The van der Waals surface area contributed by atoms with E-state index >= 15 is 0 Å². The van der Waals surface area contributed by atoms with Crippen LogP contribution in [0.5, 0.6) is 0 Å². The molecule has 1 aliphatic rings. The molecule has 0 aromatic heterocycles. The van der Waals surface area contributed by atoms with Gasteiger partial charge in [0, 0.05) is 12.3 Å². The van der Waals surface area contributed by atoms with Gasteiger partial charge in [0.1, 0.15) is 0 Å². The Morgan fingerprint density at radius 3 is 1.53 bits per heavy atom. The first-order valence-electron chi connectivity index (χ1n) is 8.55. The molecule has 0 aromatic rings. The zero-order valence-corrected chi connectivity index (χ0v) is 15.0. The first-order valence-corrected chi connectivity index (χ1v) is 8.55. The molecule has 1 saturated carbocycles. The monoisotopic (exact) mass is 470 g/mol. The summed E-state index contributed by atoms with van der Waals surface area (Å²) in [6.45, 7) is 0. The number of hydrogen-bond donors (Lipinski definition) is 2. The topological polar surface area (TPSA) is 40.5 Å². The van der Waals surface area contributed by atoms with Crippen molar-refractivity contribution in [3.05, 3.63) is 12.2 Å². The van der Waals surface area contributed by atoms with Crippen molar-refractivity contribution < 1.29 is 62.9 Å². The largest absolute Gasteiger partial charge is 0.426 e. The fourth-order valence-corrected chi connectivity index (χ4v) is 3.44. The highest BCUT2D eigenvalue weighted by molar-refractivity contribution is 5.03. The fraction of sp³-hybridized carbons (Fsp3) is 0.875. The van der Waals surface area contributed by atoms with E-state index in [9.17, 15) is 57.8 Å². The van der Waals surface area contributed by atoms with Gasteiger partial charge in [-0.1, -0.05) is 25.0 Å². The van der Waals surface area contributed by atoms with Gasteiger partial charge in [0.15, 0.2) is 0 Å². The maximum atomic E-state index is 12.9. The van der Waals surface area contributed by atoms with Crippen LogP contribution in [0, 0.1) is 11.8 Å². The smallest absolute Gasteiger partial charge is 0.373 e. The average Bonchev–Trinajstić information content (AvgIpc) is 2.53. The molecule has 0 aliphatic heterocycles. The van der Waals surface area contributed by atoms with E-state index in [1.54, 1.807) is 0 Å². The lowest BCUT2D eigenvalue weighted by atomic mass is 9.71. The van der Waals surface area contributed by atoms with Crippen molar-refractivity contribution in [3.63, 3.8) is 0 Å². The second-order valence-corrected chi connectivity index (χ2v) is 7.26. The summed E-state index contributed by atoms with van der Waals surface area (Å²) in [4.78, 5) is 0. The number of halogens is 12. The first kappa shape index (κ1) is 26.9. The van der Waals surface area contributed by atoms with Crippen molar-refractivity contribution >= 4 is 0 Å². The van der Waals surface area contributed by atoms with Crippen LogP contribution in [0.3, 0.4) is 0 Å². The van der Waals surface area contributed by atoms with E-state index in [0.717, 1.165) is 6.08 Å². The molecule has 0 amide bonds. The second-order valence-electron chi connectivity index (χ2n) is 7.26. The number of hydrogen-bond acceptors (Lipinski definition) is 2. The molecule has 1 fully saturated rings. The highest BCUT2D eigenvalue weighted by atomic mass is 19.4. The molecule has 0 spiro atoms. The van der Waals surface area contributed by atoms with Crippen LogP contribution < -0.4 is 0 Å². The van der Waals surface area contributed by atoms with E-state index in [2.05, 4.69) is 0 Å². The molecule has 178 valence electrons. The van der Waals surface area contributed by atoms with E-state index in [4.69, 9.17) is 5.11 Å². The molecule has 0 heterocycles. The Bertz CT molecular complexity index is 571. The highest BCUT2D eigenvalue weighted by Gasteiger charge is 2.73. The van der Waals surface area contributed by atoms with E-state index in [1.165, 1.54) is 0 Å². The predicted molar refractivity (Wildman–Crippen MR) is 77.9 cm³/mol. The molecular formula is C16H18F12O2. The lowest BCUT2D eigenvalue weighted by molar-refractivity contribution is -0.387. The fourth-order valence-electron chi connectivity index (χ4n) is 3.44. The summed E-state index contributed by atoms with van der Waals surface area (Å²) in [6, 6.07) is 0. The van der Waals surface area contributed by atoms with E-state index in [0.29, 0.717) is 6.08 Å². The van der Waals surface area contributed by atoms with Gasteiger partial charge in [0.05, 0.1) is 0 Å². The summed E-state index contributed by atoms with van der Waals surface area (Å²) in [7, 11) is 0. The maximum absolute atomic E-state index is 12.9. The molecule has 14 heteroatoms. The Morgan fingerprint density at radius 1 is 0.667 bits per heavy atom. The van der Waals surface area contributed by atoms with Crippen LogP contribution >= 0.6 is 0 Å². The van der Waals surface area contributed by atoms with Crippen LogP contribution in [0.4, 0.5) is 52.7 Å². The molecule has 0 aromatic carbocycles. The maximum Gasteiger partial charge on any atom is 0.426 e.